The van der Waals surface area contributed by atoms with Crippen molar-refractivity contribution >= 4 is 0 Å². The molecule has 0 bridgehead atoms. The lowest BCUT2D eigenvalue weighted by atomic mass is 9.93. The summed E-state index contributed by atoms with van der Waals surface area (Å²) in [5.74, 6) is 3.44. The van der Waals surface area contributed by atoms with Crippen LogP contribution in [0.5, 0.6) is 0 Å². The molecule has 4 nitrogen and oxygen atoms in total. The van der Waals surface area contributed by atoms with Gasteiger partial charge >= 0.3 is 0 Å². The molecule has 1 aromatic rings. The van der Waals surface area contributed by atoms with E-state index in [2.05, 4.69) is 41.5 Å². The number of hydrogen-bond acceptors (Lipinski definition) is 4. The Hall–Kier alpha value is -1.16. The Morgan fingerprint density at radius 3 is 2.80 bits per heavy atom. The van der Waals surface area contributed by atoms with Crippen LogP contribution in [0.25, 0.3) is 0 Å². The summed E-state index contributed by atoms with van der Waals surface area (Å²) in [5.41, 5.74) is 0. The van der Waals surface area contributed by atoms with Crippen molar-refractivity contribution < 1.29 is 4.52 Å². The first-order chi connectivity index (χ1) is 9.74. The van der Waals surface area contributed by atoms with E-state index in [9.17, 15) is 0 Å². The average Bonchev–Trinajstić information content (AvgIpc) is 3.19. The zero-order chi connectivity index (χ0) is 13.9. The molecule has 4 heteroatoms. The van der Waals surface area contributed by atoms with Gasteiger partial charge in [-0.05, 0) is 50.5 Å². The van der Waals surface area contributed by atoms with E-state index in [-0.39, 0.29) is 6.04 Å². The maximum absolute atomic E-state index is 5.49. The first kappa shape index (κ1) is 13.8. The molecule has 2 unspecified atom stereocenters. The van der Waals surface area contributed by atoms with Crippen LogP contribution in [0, 0.1) is 11.8 Å². The Bertz CT molecular complexity index is 462. The Kier molecular flexibility index (Phi) is 4.20. The fourth-order valence-corrected chi connectivity index (χ4v) is 2.82. The first-order valence-electron chi connectivity index (χ1n) is 7.96. The molecule has 2 aliphatic carbocycles. The second kappa shape index (κ2) is 6.08. The Morgan fingerprint density at radius 2 is 2.15 bits per heavy atom. The predicted molar refractivity (Wildman–Crippen MR) is 78.3 cm³/mol. The van der Waals surface area contributed by atoms with Crippen LogP contribution < -0.4 is 5.32 Å². The second-order valence-electron chi connectivity index (χ2n) is 6.55. The monoisotopic (exact) mass is 275 g/mol. The van der Waals surface area contributed by atoms with Crippen LogP contribution in [0.1, 0.15) is 69.6 Å². The van der Waals surface area contributed by atoms with Crippen molar-refractivity contribution in [2.24, 2.45) is 11.8 Å². The smallest absolute Gasteiger partial charge is 0.244 e. The van der Waals surface area contributed by atoms with Crippen molar-refractivity contribution in [3.63, 3.8) is 0 Å². The summed E-state index contributed by atoms with van der Waals surface area (Å²) in [6.45, 7) is 5.45. The summed E-state index contributed by atoms with van der Waals surface area (Å²) in [6.07, 6.45) is 10.7. The van der Waals surface area contributed by atoms with Gasteiger partial charge in [-0.15, -0.1) is 0 Å². The third-order valence-electron chi connectivity index (χ3n) is 4.34. The SMILES string of the molecule is CC(C)C(NCC1CC=CCC1)c1nc(C2CC2)no1. The van der Waals surface area contributed by atoms with Crippen LogP contribution in [0.2, 0.25) is 0 Å². The van der Waals surface area contributed by atoms with E-state index in [0.717, 1.165) is 24.2 Å². The summed E-state index contributed by atoms with van der Waals surface area (Å²) in [7, 11) is 0. The normalized spacial score (nSPS) is 24.2. The summed E-state index contributed by atoms with van der Waals surface area (Å²) >= 11 is 0. The van der Waals surface area contributed by atoms with Crippen molar-refractivity contribution in [3.05, 3.63) is 23.9 Å². The zero-order valence-electron chi connectivity index (χ0n) is 12.5. The van der Waals surface area contributed by atoms with Gasteiger partial charge in [0, 0.05) is 5.92 Å². The van der Waals surface area contributed by atoms with Crippen LogP contribution in [0.4, 0.5) is 0 Å². The minimum absolute atomic E-state index is 0.181. The molecule has 20 heavy (non-hydrogen) atoms. The molecular weight excluding hydrogens is 250 g/mol. The van der Waals surface area contributed by atoms with Gasteiger partial charge in [0.15, 0.2) is 5.82 Å². The number of rotatable bonds is 6. The van der Waals surface area contributed by atoms with Gasteiger partial charge in [0.1, 0.15) is 0 Å². The Morgan fingerprint density at radius 1 is 1.30 bits per heavy atom. The molecule has 1 fully saturated rings. The molecule has 2 atom stereocenters. The molecule has 1 heterocycles. The average molecular weight is 275 g/mol. The molecule has 0 spiro atoms. The number of allylic oxidation sites excluding steroid dienone is 2. The summed E-state index contributed by atoms with van der Waals surface area (Å²) in [6, 6.07) is 0.181. The van der Waals surface area contributed by atoms with Gasteiger partial charge in [-0.1, -0.05) is 31.2 Å². The van der Waals surface area contributed by atoms with Gasteiger partial charge in [0.05, 0.1) is 6.04 Å². The van der Waals surface area contributed by atoms with E-state index in [0.29, 0.717) is 11.8 Å². The van der Waals surface area contributed by atoms with Gasteiger partial charge in [-0.25, -0.2) is 0 Å². The first-order valence-corrected chi connectivity index (χ1v) is 7.96. The maximum atomic E-state index is 5.49. The van der Waals surface area contributed by atoms with Crippen molar-refractivity contribution in [2.75, 3.05) is 6.54 Å². The highest BCUT2D eigenvalue weighted by atomic mass is 16.5. The van der Waals surface area contributed by atoms with Crippen LogP contribution in [0.3, 0.4) is 0 Å². The standard InChI is InChI=1S/C16H25N3O/c1-11(2)14(17-10-12-6-4-3-5-7-12)16-18-15(19-20-16)13-8-9-13/h3-4,11-14,17H,5-10H2,1-2H3. The molecule has 0 aromatic carbocycles. The topological polar surface area (TPSA) is 51.0 Å². The molecule has 0 radical (unpaired) electrons. The van der Waals surface area contributed by atoms with E-state index in [4.69, 9.17) is 4.52 Å². The molecular formula is C16H25N3O. The van der Waals surface area contributed by atoms with Gasteiger partial charge in [0.25, 0.3) is 0 Å². The van der Waals surface area contributed by atoms with Crippen LogP contribution >= 0.6 is 0 Å². The van der Waals surface area contributed by atoms with Crippen molar-refractivity contribution in [1.29, 1.82) is 0 Å². The van der Waals surface area contributed by atoms with Crippen LogP contribution in [-0.2, 0) is 0 Å². The highest BCUT2D eigenvalue weighted by molar-refractivity contribution is 5.05. The summed E-state index contributed by atoms with van der Waals surface area (Å²) in [4.78, 5) is 4.60. The van der Waals surface area contributed by atoms with Crippen LogP contribution in [0.15, 0.2) is 16.7 Å². The summed E-state index contributed by atoms with van der Waals surface area (Å²) in [5, 5.41) is 7.79. The Labute approximate surface area is 121 Å². The highest BCUT2D eigenvalue weighted by Crippen LogP contribution is 2.38. The number of aromatic nitrogens is 2. The van der Waals surface area contributed by atoms with Gasteiger partial charge < -0.3 is 9.84 Å². The lowest BCUT2D eigenvalue weighted by Gasteiger charge is -2.23. The molecule has 1 saturated carbocycles. The molecule has 1 N–H and O–H groups in total. The molecule has 2 aliphatic rings. The minimum atomic E-state index is 0.181. The van der Waals surface area contributed by atoms with E-state index in [1.807, 2.05) is 0 Å². The van der Waals surface area contributed by atoms with Gasteiger partial charge in [-0.2, -0.15) is 4.98 Å². The lowest BCUT2D eigenvalue weighted by Crippen LogP contribution is -2.31. The quantitative estimate of drug-likeness (QED) is 0.806. The molecule has 3 rings (SSSR count). The maximum Gasteiger partial charge on any atom is 0.244 e. The summed E-state index contributed by atoms with van der Waals surface area (Å²) < 4.78 is 5.49. The minimum Gasteiger partial charge on any atom is -0.338 e. The molecule has 0 saturated heterocycles. The molecule has 0 aliphatic heterocycles. The van der Waals surface area contributed by atoms with Crippen molar-refractivity contribution in [1.82, 2.24) is 15.5 Å². The third-order valence-corrected chi connectivity index (χ3v) is 4.34. The largest absolute Gasteiger partial charge is 0.338 e. The van der Waals surface area contributed by atoms with Crippen molar-refractivity contribution in [3.8, 4) is 0 Å². The van der Waals surface area contributed by atoms with Gasteiger partial charge in [0.2, 0.25) is 5.89 Å². The van der Waals surface area contributed by atoms with Gasteiger partial charge in [-0.3, -0.25) is 0 Å². The fourth-order valence-electron chi connectivity index (χ4n) is 2.82. The predicted octanol–water partition coefficient (Wildman–Crippen LogP) is 3.59. The van der Waals surface area contributed by atoms with E-state index < -0.39 is 0 Å². The fraction of sp³-hybridized carbons (Fsp3) is 0.750. The third kappa shape index (κ3) is 3.29. The zero-order valence-corrected chi connectivity index (χ0v) is 12.5. The van der Waals surface area contributed by atoms with Crippen molar-refractivity contribution in [2.45, 2.75) is 57.9 Å². The second-order valence-corrected chi connectivity index (χ2v) is 6.55. The Balaban J connectivity index is 1.60. The molecule has 1 aromatic heterocycles. The molecule has 0 amide bonds. The lowest BCUT2D eigenvalue weighted by molar-refractivity contribution is 0.273. The van der Waals surface area contributed by atoms with E-state index in [1.165, 1.54) is 32.1 Å². The highest BCUT2D eigenvalue weighted by Gasteiger charge is 2.31. The number of nitrogens with one attached hydrogen (secondary N) is 1. The van der Waals surface area contributed by atoms with E-state index in [1.54, 1.807) is 0 Å². The van der Waals surface area contributed by atoms with E-state index >= 15 is 0 Å². The number of nitrogens with zero attached hydrogens (tertiary/aromatic N) is 2. The van der Waals surface area contributed by atoms with Crippen LogP contribution in [-0.4, -0.2) is 16.7 Å². The number of hydrogen-bond donors (Lipinski definition) is 1. The molecule has 110 valence electrons.